The highest BCUT2D eigenvalue weighted by atomic mass is 16.2. The third-order valence-corrected chi connectivity index (χ3v) is 5.76. The smallest absolute Gasteiger partial charge is 0.298 e. The fourth-order valence-electron chi connectivity index (χ4n) is 4.17. The maximum atomic E-state index is 13.6. The van der Waals surface area contributed by atoms with Gasteiger partial charge < -0.3 is 5.32 Å². The second kappa shape index (κ2) is 8.70. The van der Waals surface area contributed by atoms with Gasteiger partial charge in [0, 0.05) is 11.4 Å². The molecule has 3 aromatic carbocycles. The van der Waals surface area contributed by atoms with Crippen molar-refractivity contribution in [2.75, 3.05) is 10.2 Å². The molecular weight excluding hydrogens is 414 g/mol. The number of anilines is 2. The lowest BCUT2D eigenvalue weighted by Crippen LogP contribution is -2.50. The molecule has 0 spiro atoms. The van der Waals surface area contributed by atoms with Gasteiger partial charge in [-0.25, -0.2) is 9.67 Å². The molecule has 4 aromatic rings. The van der Waals surface area contributed by atoms with Gasteiger partial charge in [-0.3, -0.25) is 14.5 Å². The van der Waals surface area contributed by atoms with Crippen LogP contribution in [0.1, 0.15) is 28.2 Å². The van der Waals surface area contributed by atoms with Gasteiger partial charge in [-0.05, 0) is 61.2 Å². The fourth-order valence-corrected chi connectivity index (χ4v) is 4.17. The summed E-state index contributed by atoms with van der Waals surface area (Å²) in [7, 11) is 0. The molecule has 0 fully saturated rings. The summed E-state index contributed by atoms with van der Waals surface area (Å²) in [6.45, 7) is 1.97. The first kappa shape index (κ1) is 20.6. The largest absolute Gasteiger partial charge is 0.324 e. The van der Waals surface area contributed by atoms with Gasteiger partial charge in [0.05, 0.1) is 5.69 Å². The van der Waals surface area contributed by atoms with Crippen LogP contribution in [-0.2, 0) is 11.2 Å². The van der Waals surface area contributed by atoms with Crippen LogP contribution in [0.3, 0.4) is 0 Å². The van der Waals surface area contributed by atoms with E-state index in [1.807, 2.05) is 85.8 Å². The van der Waals surface area contributed by atoms with Crippen molar-refractivity contribution in [2.24, 2.45) is 0 Å². The lowest BCUT2D eigenvalue weighted by Gasteiger charge is -2.35. The van der Waals surface area contributed by atoms with Crippen LogP contribution >= 0.6 is 0 Å². The van der Waals surface area contributed by atoms with Gasteiger partial charge >= 0.3 is 0 Å². The van der Waals surface area contributed by atoms with E-state index in [-0.39, 0.29) is 11.7 Å². The Balaban J connectivity index is 1.48. The van der Waals surface area contributed by atoms with Gasteiger partial charge in [0.2, 0.25) is 11.7 Å². The maximum absolute atomic E-state index is 13.6. The van der Waals surface area contributed by atoms with Crippen molar-refractivity contribution < 1.29 is 9.59 Å². The molecule has 1 aliphatic heterocycles. The number of fused-ring (bicyclic) bond motifs is 1. The molecule has 164 valence electrons. The van der Waals surface area contributed by atoms with Crippen LogP contribution in [-0.4, -0.2) is 32.6 Å². The summed E-state index contributed by atoms with van der Waals surface area (Å²) in [5.74, 6) is -0.587. The Morgan fingerprint density at radius 1 is 0.970 bits per heavy atom. The quantitative estimate of drug-likeness (QED) is 0.520. The molecule has 1 aliphatic rings. The Hall–Kier alpha value is -4.26. The summed E-state index contributed by atoms with van der Waals surface area (Å²) in [5.41, 5.74) is 4.29. The van der Waals surface area contributed by atoms with Gasteiger partial charge in [0.25, 0.3) is 5.91 Å². The molecule has 33 heavy (non-hydrogen) atoms. The SMILES string of the molecule is Cc1cccc(NC(=O)C2CCc3ccccc3N2C(=O)c2ncn(-c3ccccc3)n2)c1. The van der Waals surface area contributed by atoms with Crippen molar-refractivity contribution in [2.45, 2.75) is 25.8 Å². The van der Waals surface area contributed by atoms with Crippen molar-refractivity contribution in [1.29, 1.82) is 0 Å². The number of amides is 2. The number of aryl methyl sites for hydroxylation is 2. The van der Waals surface area contributed by atoms with Gasteiger partial charge in [-0.15, -0.1) is 5.10 Å². The Morgan fingerprint density at radius 3 is 2.58 bits per heavy atom. The molecule has 0 aliphatic carbocycles. The van der Waals surface area contributed by atoms with Crippen LogP contribution in [0.5, 0.6) is 0 Å². The summed E-state index contributed by atoms with van der Waals surface area (Å²) in [6.07, 6.45) is 2.73. The second-order valence-electron chi connectivity index (χ2n) is 8.07. The Bertz CT molecular complexity index is 1320. The monoisotopic (exact) mass is 437 g/mol. The van der Waals surface area contributed by atoms with Crippen LogP contribution in [0.4, 0.5) is 11.4 Å². The Labute approximate surface area is 191 Å². The first-order valence-corrected chi connectivity index (χ1v) is 10.9. The maximum Gasteiger partial charge on any atom is 0.298 e. The lowest BCUT2D eigenvalue weighted by molar-refractivity contribution is -0.117. The van der Waals surface area contributed by atoms with Crippen LogP contribution in [0.2, 0.25) is 0 Å². The van der Waals surface area contributed by atoms with Crippen molar-refractivity contribution in [3.8, 4) is 5.69 Å². The van der Waals surface area contributed by atoms with E-state index in [1.165, 1.54) is 11.2 Å². The number of rotatable bonds is 4. The minimum absolute atomic E-state index is 0.0453. The first-order valence-electron chi connectivity index (χ1n) is 10.9. The van der Waals surface area contributed by atoms with Crippen LogP contribution in [0, 0.1) is 6.92 Å². The fraction of sp³-hybridized carbons (Fsp3) is 0.154. The summed E-state index contributed by atoms with van der Waals surface area (Å²) >= 11 is 0. The molecule has 2 amide bonds. The van der Waals surface area contributed by atoms with E-state index in [2.05, 4.69) is 15.4 Å². The standard InChI is InChI=1S/C26H23N5O2/c1-18-8-7-10-20(16-18)28-25(32)23-15-14-19-9-5-6-13-22(19)31(23)26(33)24-27-17-30(29-24)21-11-3-2-4-12-21/h2-13,16-17,23H,14-15H2,1H3,(H,28,32). The number of aromatic nitrogens is 3. The number of nitrogens with one attached hydrogen (secondary N) is 1. The highest BCUT2D eigenvalue weighted by Gasteiger charge is 2.37. The van der Waals surface area contributed by atoms with E-state index < -0.39 is 11.9 Å². The van der Waals surface area contributed by atoms with Crippen molar-refractivity contribution in [1.82, 2.24) is 14.8 Å². The topological polar surface area (TPSA) is 80.1 Å². The third kappa shape index (κ3) is 4.13. The molecule has 1 atom stereocenters. The summed E-state index contributed by atoms with van der Waals surface area (Å²) < 4.78 is 1.56. The highest BCUT2D eigenvalue weighted by Crippen LogP contribution is 2.32. The lowest BCUT2D eigenvalue weighted by atomic mass is 9.94. The van der Waals surface area contributed by atoms with E-state index in [9.17, 15) is 9.59 Å². The highest BCUT2D eigenvalue weighted by molar-refractivity contribution is 6.10. The minimum Gasteiger partial charge on any atom is -0.324 e. The molecule has 7 nitrogen and oxygen atoms in total. The molecule has 1 unspecified atom stereocenters. The van der Waals surface area contributed by atoms with Crippen molar-refractivity contribution >= 4 is 23.2 Å². The van der Waals surface area contributed by atoms with Crippen LogP contribution in [0.15, 0.2) is 85.2 Å². The normalized spacial score (nSPS) is 15.1. The van der Waals surface area contributed by atoms with Gasteiger partial charge in [0.1, 0.15) is 12.4 Å². The zero-order chi connectivity index (χ0) is 22.8. The Morgan fingerprint density at radius 2 is 1.76 bits per heavy atom. The summed E-state index contributed by atoms with van der Waals surface area (Å²) in [4.78, 5) is 32.7. The number of carbonyl (C=O) groups excluding carboxylic acids is 2. The summed E-state index contributed by atoms with van der Waals surface area (Å²) in [5, 5.41) is 7.37. The predicted molar refractivity (Wildman–Crippen MR) is 127 cm³/mol. The van der Waals surface area contributed by atoms with Gasteiger partial charge in [-0.2, -0.15) is 0 Å². The minimum atomic E-state index is -0.670. The second-order valence-corrected chi connectivity index (χ2v) is 8.07. The molecule has 1 aromatic heterocycles. The summed E-state index contributed by atoms with van der Waals surface area (Å²) in [6, 6.07) is 24.1. The van der Waals surface area contributed by atoms with E-state index in [0.29, 0.717) is 24.2 Å². The molecule has 0 saturated heterocycles. The van der Waals surface area contributed by atoms with Crippen LogP contribution < -0.4 is 10.2 Å². The third-order valence-electron chi connectivity index (χ3n) is 5.76. The van der Waals surface area contributed by atoms with Crippen molar-refractivity contribution in [3.05, 3.63) is 102 Å². The first-order chi connectivity index (χ1) is 16.1. The van der Waals surface area contributed by atoms with E-state index in [0.717, 1.165) is 16.8 Å². The molecule has 0 saturated carbocycles. The molecule has 5 rings (SSSR count). The number of hydrogen-bond donors (Lipinski definition) is 1. The van der Waals surface area contributed by atoms with E-state index in [4.69, 9.17) is 0 Å². The van der Waals surface area contributed by atoms with E-state index >= 15 is 0 Å². The number of hydrogen-bond acceptors (Lipinski definition) is 4. The average Bonchev–Trinajstić information content (AvgIpc) is 3.34. The zero-order valence-corrected chi connectivity index (χ0v) is 18.2. The molecule has 2 heterocycles. The van der Waals surface area contributed by atoms with Gasteiger partial charge in [-0.1, -0.05) is 48.5 Å². The molecule has 7 heteroatoms. The number of nitrogens with zero attached hydrogens (tertiary/aromatic N) is 4. The predicted octanol–water partition coefficient (Wildman–Crippen LogP) is 4.18. The number of benzene rings is 3. The van der Waals surface area contributed by atoms with Crippen molar-refractivity contribution in [3.63, 3.8) is 0 Å². The van der Waals surface area contributed by atoms with E-state index in [1.54, 1.807) is 4.68 Å². The average molecular weight is 438 g/mol. The number of carbonyl (C=O) groups is 2. The molecular formula is C26H23N5O2. The Kier molecular flexibility index (Phi) is 5.44. The van der Waals surface area contributed by atoms with Crippen LogP contribution in [0.25, 0.3) is 5.69 Å². The number of para-hydroxylation sites is 2. The molecule has 0 bridgehead atoms. The zero-order valence-electron chi connectivity index (χ0n) is 18.2. The molecule has 0 radical (unpaired) electrons. The molecule has 1 N–H and O–H groups in total. The van der Waals surface area contributed by atoms with Gasteiger partial charge in [0.15, 0.2) is 0 Å².